The smallest absolute Gasteiger partial charge is 0.119 e. The molecule has 130 valence electrons. The van der Waals surface area contributed by atoms with E-state index in [2.05, 4.69) is 82.5 Å². The largest absolute Gasteiger partial charge is 0.493 e. The third-order valence-electron chi connectivity index (χ3n) is 4.71. The number of H-pyrrole nitrogens is 1. The predicted octanol–water partition coefficient (Wildman–Crippen LogP) is 5.20. The van der Waals surface area contributed by atoms with E-state index in [1.807, 2.05) is 0 Å². The van der Waals surface area contributed by atoms with Crippen molar-refractivity contribution < 1.29 is 4.74 Å². The quantitative estimate of drug-likeness (QED) is 0.633. The Morgan fingerprint density at radius 2 is 1.96 bits per heavy atom. The van der Waals surface area contributed by atoms with Gasteiger partial charge in [-0.25, -0.2) is 0 Å². The summed E-state index contributed by atoms with van der Waals surface area (Å²) in [6, 6.07) is 15.2. The molecule has 2 N–H and O–H groups in total. The van der Waals surface area contributed by atoms with E-state index in [0.29, 0.717) is 5.92 Å². The van der Waals surface area contributed by atoms with Gasteiger partial charge >= 0.3 is 0 Å². The molecule has 1 unspecified atom stereocenters. The number of hydrogen-bond acceptors (Lipinski definition) is 2. The first-order chi connectivity index (χ1) is 12.1. The third kappa shape index (κ3) is 3.33. The summed E-state index contributed by atoms with van der Waals surface area (Å²) in [5, 5.41) is 4.98. The lowest BCUT2D eigenvalue weighted by atomic mass is 9.94. The van der Waals surface area contributed by atoms with Gasteiger partial charge in [-0.1, -0.05) is 41.9 Å². The Morgan fingerprint density at radius 3 is 2.72 bits per heavy atom. The number of aromatic nitrogens is 1. The normalized spacial score (nSPS) is 17.0. The van der Waals surface area contributed by atoms with Crippen molar-refractivity contribution in [3.63, 3.8) is 0 Å². The number of rotatable bonds is 4. The Hall–Kier alpha value is -1.78. The Labute approximate surface area is 156 Å². The van der Waals surface area contributed by atoms with E-state index >= 15 is 0 Å². The minimum atomic E-state index is 0.203. The molecule has 4 heteroatoms. The molecule has 25 heavy (non-hydrogen) atoms. The first-order valence-electron chi connectivity index (χ1n) is 8.88. The molecule has 0 aliphatic carbocycles. The van der Waals surface area contributed by atoms with Gasteiger partial charge in [-0.05, 0) is 53.8 Å². The highest BCUT2D eigenvalue weighted by molar-refractivity contribution is 9.10. The first-order valence-corrected chi connectivity index (χ1v) is 9.67. The monoisotopic (exact) mass is 398 g/mol. The second-order valence-corrected chi connectivity index (χ2v) is 8.03. The fraction of sp³-hybridized carbons (Fsp3) is 0.333. The summed E-state index contributed by atoms with van der Waals surface area (Å²) in [5.74, 6) is 1.47. The number of nitrogens with one attached hydrogen (secondary N) is 2. The minimum absolute atomic E-state index is 0.203. The summed E-state index contributed by atoms with van der Waals surface area (Å²) >= 11 is 3.59. The average molecular weight is 399 g/mol. The van der Waals surface area contributed by atoms with E-state index in [1.165, 1.54) is 27.7 Å². The Kier molecular flexibility index (Phi) is 4.57. The standard InChI is InChI=1S/C21H23BrN2O/c1-13(2)12-25-16-6-3-14(4-7-16)20-21-17(9-10-23-20)18-11-15(22)5-8-19(18)24-21/h3-8,11,13,20,23-24H,9-10,12H2,1-2H3. The van der Waals surface area contributed by atoms with Gasteiger partial charge in [-0.15, -0.1) is 0 Å². The number of benzene rings is 2. The van der Waals surface area contributed by atoms with Crippen molar-refractivity contribution in [2.75, 3.05) is 13.2 Å². The van der Waals surface area contributed by atoms with Crippen molar-refractivity contribution in [1.82, 2.24) is 10.3 Å². The molecule has 3 aromatic rings. The zero-order valence-electron chi connectivity index (χ0n) is 14.6. The van der Waals surface area contributed by atoms with Crippen LogP contribution in [0.25, 0.3) is 10.9 Å². The molecule has 4 rings (SSSR count). The van der Waals surface area contributed by atoms with E-state index < -0.39 is 0 Å². The lowest BCUT2D eigenvalue weighted by Crippen LogP contribution is -2.30. The summed E-state index contributed by atoms with van der Waals surface area (Å²) in [6.07, 6.45) is 1.05. The highest BCUT2D eigenvalue weighted by Crippen LogP contribution is 2.35. The third-order valence-corrected chi connectivity index (χ3v) is 5.20. The van der Waals surface area contributed by atoms with Gasteiger partial charge in [0.1, 0.15) is 5.75 Å². The number of hydrogen-bond donors (Lipinski definition) is 2. The van der Waals surface area contributed by atoms with Crippen LogP contribution in [0.1, 0.15) is 36.7 Å². The number of halogens is 1. The minimum Gasteiger partial charge on any atom is -0.493 e. The number of fused-ring (bicyclic) bond motifs is 3. The van der Waals surface area contributed by atoms with Gasteiger partial charge in [0.15, 0.2) is 0 Å². The fourth-order valence-electron chi connectivity index (χ4n) is 3.50. The van der Waals surface area contributed by atoms with E-state index in [9.17, 15) is 0 Å². The van der Waals surface area contributed by atoms with Crippen LogP contribution in [0.2, 0.25) is 0 Å². The number of aromatic amines is 1. The molecule has 2 aromatic carbocycles. The van der Waals surface area contributed by atoms with Crippen LogP contribution >= 0.6 is 15.9 Å². The van der Waals surface area contributed by atoms with E-state index in [4.69, 9.17) is 4.74 Å². The molecule has 0 saturated carbocycles. The molecule has 3 nitrogen and oxygen atoms in total. The zero-order valence-corrected chi connectivity index (χ0v) is 16.2. The molecule has 1 aliphatic heterocycles. The van der Waals surface area contributed by atoms with E-state index in [0.717, 1.165) is 29.8 Å². The maximum atomic E-state index is 5.81. The van der Waals surface area contributed by atoms with Crippen molar-refractivity contribution in [2.24, 2.45) is 5.92 Å². The molecular formula is C21H23BrN2O. The maximum absolute atomic E-state index is 5.81. The molecule has 1 atom stereocenters. The van der Waals surface area contributed by atoms with Crippen LogP contribution in [-0.2, 0) is 6.42 Å². The summed E-state index contributed by atoms with van der Waals surface area (Å²) in [4.78, 5) is 3.63. The lowest BCUT2D eigenvalue weighted by molar-refractivity contribution is 0.271. The second-order valence-electron chi connectivity index (χ2n) is 7.12. The predicted molar refractivity (Wildman–Crippen MR) is 106 cm³/mol. The van der Waals surface area contributed by atoms with Gasteiger partial charge in [0.2, 0.25) is 0 Å². The van der Waals surface area contributed by atoms with Crippen LogP contribution in [0.3, 0.4) is 0 Å². The van der Waals surface area contributed by atoms with Gasteiger partial charge in [-0.3, -0.25) is 0 Å². The van der Waals surface area contributed by atoms with Gasteiger partial charge in [-0.2, -0.15) is 0 Å². The molecular weight excluding hydrogens is 376 g/mol. The van der Waals surface area contributed by atoms with Crippen LogP contribution < -0.4 is 10.1 Å². The van der Waals surface area contributed by atoms with Crippen LogP contribution in [-0.4, -0.2) is 18.1 Å². The van der Waals surface area contributed by atoms with Crippen LogP contribution in [0.15, 0.2) is 46.9 Å². The van der Waals surface area contributed by atoms with Crippen molar-refractivity contribution in [3.8, 4) is 5.75 Å². The van der Waals surface area contributed by atoms with Crippen molar-refractivity contribution in [1.29, 1.82) is 0 Å². The molecule has 0 spiro atoms. The summed E-state index contributed by atoms with van der Waals surface area (Å²) in [5.41, 5.74) is 5.19. The Balaban J connectivity index is 1.65. The van der Waals surface area contributed by atoms with Crippen LogP contribution in [0.4, 0.5) is 0 Å². The molecule has 0 amide bonds. The van der Waals surface area contributed by atoms with Gasteiger partial charge < -0.3 is 15.0 Å². The van der Waals surface area contributed by atoms with Crippen molar-refractivity contribution in [3.05, 3.63) is 63.8 Å². The molecule has 0 saturated heterocycles. The van der Waals surface area contributed by atoms with Gasteiger partial charge in [0, 0.05) is 27.6 Å². The van der Waals surface area contributed by atoms with E-state index in [1.54, 1.807) is 0 Å². The molecule has 0 fully saturated rings. The maximum Gasteiger partial charge on any atom is 0.119 e. The van der Waals surface area contributed by atoms with Crippen LogP contribution in [0.5, 0.6) is 5.75 Å². The second kappa shape index (κ2) is 6.85. The molecule has 1 aliphatic rings. The Bertz CT molecular complexity index is 883. The van der Waals surface area contributed by atoms with Crippen LogP contribution in [0, 0.1) is 5.92 Å². The van der Waals surface area contributed by atoms with Gasteiger partial charge in [0.05, 0.1) is 12.6 Å². The fourth-order valence-corrected chi connectivity index (χ4v) is 3.87. The number of ether oxygens (including phenoxy) is 1. The summed E-state index contributed by atoms with van der Waals surface area (Å²) < 4.78 is 6.94. The topological polar surface area (TPSA) is 37.0 Å². The molecule has 1 aromatic heterocycles. The highest BCUT2D eigenvalue weighted by Gasteiger charge is 2.25. The molecule has 0 radical (unpaired) electrons. The Morgan fingerprint density at radius 1 is 1.16 bits per heavy atom. The van der Waals surface area contributed by atoms with E-state index in [-0.39, 0.29) is 6.04 Å². The summed E-state index contributed by atoms with van der Waals surface area (Å²) in [7, 11) is 0. The highest BCUT2D eigenvalue weighted by atomic mass is 79.9. The van der Waals surface area contributed by atoms with Gasteiger partial charge in [0.25, 0.3) is 0 Å². The first kappa shape index (κ1) is 16.7. The SMILES string of the molecule is CC(C)COc1ccc(C2NCCc3c2[nH]c2ccc(Br)cc32)cc1. The molecule has 2 heterocycles. The summed E-state index contributed by atoms with van der Waals surface area (Å²) in [6.45, 7) is 6.07. The zero-order chi connectivity index (χ0) is 17.4. The molecule has 0 bridgehead atoms. The lowest BCUT2D eigenvalue weighted by Gasteiger charge is -2.25. The average Bonchev–Trinajstić information content (AvgIpc) is 2.98. The van der Waals surface area contributed by atoms with Crippen molar-refractivity contribution in [2.45, 2.75) is 26.3 Å². The van der Waals surface area contributed by atoms with Crippen molar-refractivity contribution >= 4 is 26.8 Å².